The quantitative estimate of drug-likeness (QED) is 0.275. The number of hydrogen-bond donors (Lipinski definition) is 1. The second-order valence-corrected chi connectivity index (χ2v) is 9.21. The number of fused-ring (bicyclic) bond motifs is 1. The van der Waals surface area contributed by atoms with Crippen LogP contribution in [0.1, 0.15) is 38.8 Å². The van der Waals surface area contributed by atoms with Crippen LogP contribution >= 0.6 is 0 Å². The van der Waals surface area contributed by atoms with Gasteiger partial charge in [0, 0.05) is 17.7 Å². The summed E-state index contributed by atoms with van der Waals surface area (Å²) >= 11 is 0. The molecular formula is C32H27N3O2. The predicted octanol–water partition coefficient (Wildman–Crippen LogP) is 6.44. The Morgan fingerprint density at radius 2 is 1.38 bits per heavy atom. The molecule has 6 rings (SSSR count). The number of hydrogen-bond acceptors (Lipinski definition) is 3. The van der Waals surface area contributed by atoms with Gasteiger partial charge in [-0.15, -0.1) is 0 Å². The number of carbonyl (C=O) groups is 1. The van der Waals surface area contributed by atoms with Crippen LogP contribution in [0.3, 0.4) is 0 Å². The van der Waals surface area contributed by atoms with E-state index >= 15 is 0 Å². The monoisotopic (exact) mass is 485 g/mol. The van der Waals surface area contributed by atoms with Gasteiger partial charge in [-0.05, 0) is 35.2 Å². The Hall–Kier alpha value is -4.64. The van der Waals surface area contributed by atoms with Crippen LogP contribution in [-0.2, 0) is 13.0 Å². The molecule has 0 aliphatic carbocycles. The minimum Gasteiger partial charge on any atom is -0.489 e. The molecule has 5 aromatic rings. The van der Waals surface area contributed by atoms with Gasteiger partial charge < -0.3 is 9.64 Å². The molecule has 1 aromatic heterocycles. The van der Waals surface area contributed by atoms with Crippen molar-refractivity contribution in [3.8, 4) is 17.0 Å². The Balaban J connectivity index is 1.32. The summed E-state index contributed by atoms with van der Waals surface area (Å²) in [4.78, 5) is 15.6. The Labute approximate surface area is 216 Å². The number of amides is 1. The smallest absolute Gasteiger partial charge is 0.273 e. The van der Waals surface area contributed by atoms with E-state index in [0.717, 1.165) is 40.1 Å². The minimum absolute atomic E-state index is 0.0185. The van der Waals surface area contributed by atoms with Gasteiger partial charge in [0.05, 0.1) is 11.7 Å². The number of ether oxygens (including phenoxy) is 1. The third-order valence-corrected chi connectivity index (χ3v) is 6.84. The Bertz CT molecular complexity index is 1480. The van der Waals surface area contributed by atoms with Crippen molar-refractivity contribution in [2.24, 2.45) is 0 Å². The van der Waals surface area contributed by atoms with Crippen LogP contribution in [0.2, 0.25) is 0 Å². The number of rotatable bonds is 8. The summed E-state index contributed by atoms with van der Waals surface area (Å²) < 4.78 is 6.01. The van der Waals surface area contributed by atoms with E-state index in [2.05, 4.69) is 46.6 Å². The molecule has 1 amide bonds. The van der Waals surface area contributed by atoms with Gasteiger partial charge in [-0.1, -0.05) is 103 Å². The molecule has 0 saturated heterocycles. The highest BCUT2D eigenvalue weighted by atomic mass is 16.5. The maximum absolute atomic E-state index is 13.6. The summed E-state index contributed by atoms with van der Waals surface area (Å²) in [6.45, 7) is 1.12. The molecule has 0 spiro atoms. The van der Waals surface area contributed by atoms with Gasteiger partial charge in [0.1, 0.15) is 18.1 Å². The van der Waals surface area contributed by atoms with Gasteiger partial charge in [0.2, 0.25) is 0 Å². The molecule has 2 heterocycles. The van der Waals surface area contributed by atoms with Crippen LogP contribution in [0.4, 0.5) is 0 Å². The van der Waals surface area contributed by atoms with Crippen LogP contribution in [0.15, 0.2) is 115 Å². The highest BCUT2D eigenvalue weighted by molar-refractivity contribution is 6.00. The summed E-state index contributed by atoms with van der Waals surface area (Å²) in [7, 11) is 0. The van der Waals surface area contributed by atoms with Crippen molar-refractivity contribution in [2.75, 3.05) is 6.54 Å². The molecule has 1 aliphatic rings. The largest absolute Gasteiger partial charge is 0.489 e. The molecule has 37 heavy (non-hydrogen) atoms. The predicted molar refractivity (Wildman–Crippen MR) is 144 cm³/mol. The molecule has 1 unspecified atom stereocenters. The minimum atomic E-state index is -0.233. The van der Waals surface area contributed by atoms with E-state index in [0.29, 0.717) is 18.8 Å². The topological polar surface area (TPSA) is 58.2 Å². The molecule has 0 saturated carbocycles. The van der Waals surface area contributed by atoms with Crippen molar-refractivity contribution in [1.82, 2.24) is 15.1 Å². The second kappa shape index (κ2) is 10.2. The zero-order valence-corrected chi connectivity index (χ0v) is 20.4. The maximum Gasteiger partial charge on any atom is 0.273 e. The molecule has 1 N–H and O–H groups in total. The van der Waals surface area contributed by atoms with Crippen LogP contribution in [-0.4, -0.2) is 27.5 Å². The normalized spacial score (nSPS) is 14.5. The SMILES string of the molecule is O=C1c2[nH]nc(-c3ccccc3)c2C(c2ccc(OCc3ccccc3)cc2)N1CCc1ccccc1. The summed E-state index contributed by atoms with van der Waals surface area (Å²) in [5.41, 5.74) is 6.67. The number of aromatic nitrogens is 2. The van der Waals surface area contributed by atoms with Gasteiger partial charge in [-0.25, -0.2) is 0 Å². The van der Waals surface area contributed by atoms with Crippen molar-refractivity contribution in [1.29, 1.82) is 0 Å². The average molecular weight is 486 g/mol. The summed E-state index contributed by atoms with van der Waals surface area (Å²) in [5.74, 6) is 0.776. The number of aromatic amines is 1. The molecule has 0 radical (unpaired) electrons. The van der Waals surface area contributed by atoms with Crippen molar-refractivity contribution in [3.05, 3.63) is 143 Å². The maximum atomic E-state index is 13.6. The van der Waals surface area contributed by atoms with Crippen molar-refractivity contribution in [2.45, 2.75) is 19.1 Å². The highest BCUT2D eigenvalue weighted by Crippen LogP contribution is 2.43. The number of H-pyrrole nitrogens is 1. The van der Waals surface area contributed by atoms with Gasteiger partial charge in [-0.2, -0.15) is 5.10 Å². The van der Waals surface area contributed by atoms with E-state index in [1.807, 2.05) is 83.8 Å². The highest BCUT2D eigenvalue weighted by Gasteiger charge is 2.41. The molecule has 182 valence electrons. The number of benzene rings is 4. The van der Waals surface area contributed by atoms with Crippen molar-refractivity contribution < 1.29 is 9.53 Å². The molecule has 5 nitrogen and oxygen atoms in total. The first-order chi connectivity index (χ1) is 18.3. The van der Waals surface area contributed by atoms with E-state index in [1.165, 1.54) is 5.56 Å². The third kappa shape index (κ3) is 4.64. The molecular weight excluding hydrogens is 458 g/mol. The first-order valence-electron chi connectivity index (χ1n) is 12.5. The lowest BCUT2D eigenvalue weighted by Gasteiger charge is -2.26. The van der Waals surface area contributed by atoms with Crippen molar-refractivity contribution >= 4 is 5.91 Å². The molecule has 4 aromatic carbocycles. The van der Waals surface area contributed by atoms with E-state index < -0.39 is 0 Å². The van der Waals surface area contributed by atoms with Gasteiger partial charge in [0.15, 0.2) is 0 Å². The zero-order valence-electron chi connectivity index (χ0n) is 20.4. The number of carbonyl (C=O) groups excluding carboxylic acids is 1. The van der Waals surface area contributed by atoms with Gasteiger partial charge >= 0.3 is 0 Å². The zero-order chi connectivity index (χ0) is 25.0. The van der Waals surface area contributed by atoms with E-state index in [4.69, 9.17) is 4.74 Å². The van der Waals surface area contributed by atoms with Crippen LogP contribution in [0.25, 0.3) is 11.3 Å². The van der Waals surface area contributed by atoms with E-state index in [9.17, 15) is 4.79 Å². The van der Waals surface area contributed by atoms with Crippen LogP contribution < -0.4 is 4.74 Å². The summed E-state index contributed by atoms with van der Waals surface area (Å²) in [6.07, 6.45) is 0.778. The van der Waals surface area contributed by atoms with Gasteiger partial charge in [-0.3, -0.25) is 9.89 Å². The van der Waals surface area contributed by atoms with Gasteiger partial charge in [0.25, 0.3) is 5.91 Å². The fraction of sp³-hybridized carbons (Fsp3) is 0.125. The van der Waals surface area contributed by atoms with E-state index in [-0.39, 0.29) is 11.9 Å². The average Bonchev–Trinajstić information content (AvgIpc) is 3.51. The lowest BCUT2D eigenvalue weighted by Crippen LogP contribution is -2.31. The number of nitrogens with zero attached hydrogens (tertiary/aromatic N) is 2. The molecule has 1 aliphatic heterocycles. The fourth-order valence-corrected chi connectivity index (χ4v) is 4.97. The first-order valence-corrected chi connectivity index (χ1v) is 12.5. The number of nitrogens with one attached hydrogen (secondary N) is 1. The third-order valence-electron chi connectivity index (χ3n) is 6.84. The molecule has 5 heteroatoms. The Morgan fingerprint density at radius 3 is 2.05 bits per heavy atom. The standard InChI is InChI=1S/C32H27N3O2/c36-32-30-28(29(33-34-30)25-14-8-3-9-15-25)31(35(32)21-20-23-10-4-1-5-11-23)26-16-18-27(19-17-26)37-22-24-12-6-2-7-13-24/h1-19,31H,20-22H2,(H,33,34). The Kier molecular flexibility index (Phi) is 6.26. The summed E-state index contributed by atoms with van der Waals surface area (Å²) in [5, 5.41) is 7.62. The lowest BCUT2D eigenvalue weighted by molar-refractivity contribution is 0.0746. The molecule has 0 fully saturated rings. The Morgan fingerprint density at radius 1 is 0.757 bits per heavy atom. The second-order valence-electron chi connectivity index (χ2n) is 9.21. The molecule has 0 bridgehead atoms. The first kappa shape index (κ1) is 22.8. The van der Waals surface area contributed by atoms with Crippen LogP contribution in [0, 0.1) is 0 Å². The van der Waals surface area contributed by atoms with Crippen molar-refractivity contribution in [3.63, 3.8) is 0 Å². The summed E-state index contributed by atoms with van der Waals surface area (Å²) in [6, 6.07) is 38.3. The van der Waals surface area contributed by atoms with Crippen LogP contribution in [0.5, 0.6) is 5.75 Å². The fourth-order valence-electron chi connectivity index (χ4n) is 4.97. The van der Waals surface area contributed by atoms with E-state index in [1.54, 1.807) is 0 Å². The molecule has 1 atom stereocenters. The lowest BCUT2D eigenvalue weighted by atomic mass is 9.96.